The third kappa shape index (κ3) is 4.60. The smallest absolute Gasteiger partial charge is 0.224 e. The van der Waals surface area contributed by atoms with Crippen molar-refractivity contribution in [3.63, 3.8) is 0 Å². The number of carbonyl (C=O) groups is 1. The SMILES string of the molecule is CCC1CCC(CNC(=O)C(CN)C(C)C)CC1. The summed E-state index contributed by atoms with van der Waals surface area (Å²) in [4.78, 5) is 12.0. The van der Waals surface area contributed by atoms with Gasteiger partial charge in [-0.25, -0.2) is 0 Å². The molecule has 0 spiro atoms. The molecule has 3 N–H and O–H groups in total. The summed E-state index contributed by atoms with van der Waals surface area (Å²) in [6.07, 6.45) is 6.52. The van der Waals surface area contributed by atoms with Crippen LogP contribution in [0.15, 0.2) is 0 Å². The summed E-state index contributed by atoms with van der Waals surface area (Å²) < 4.78 is 0. The summed E-state index contributed by atoms with van der Waals surface area (Å²) in [5.74, 6) is 2.04. The predicted octanol–water partition coefficient (Wildman–Crippen LogP) is 2.55. The quantitative estimate of drug-likeness (QED) is 0.765. The molecule has 1 rings (SSSR count). The molecule has 0 aliphatic heterocycles. The van der Waals surface area contributed by atoms with E-state index in [1.807, 2.05) is 0 Å². The molecule has 0 saturated heterocycles. The molecule has 1 fully saturated rings. The molecule has 1 aliphatic rings. The Morgan fingerprint density at radius 3 is 2.22 bits per heavy atom. The number of hydrogen-bond acceptors (Lipinski definition) is 2. The van der Waals surface area contributed by atoms with E-state index < -0.39 is 0 Å². The number of nitrogens with two attached hydrogens (primary N) is 1. The van der Waals surface area contributed by atoms with Crippen LogP contribution in [0.2, 0.25) is 0 Å². The molecular weight excluding hydrogens is 224 g/mol. The first kappa shape index (κ1) is 15.5. The minimum atomic E-state index is -0.0306. The van der Waals surface area contributed by atoms with Crippen LogP contribution in [0, 0.1) is 23.7 Å². The van der Waals surface area contributed by atoms with Crippen molar-refractivity contribution in [1.29, 1.82) is 0 Å². The molecule has 3 heteroatoms. The molecule has 0 bridgehead atoms. The van der Waals surface area contributed by atoms with Crippen molar-refractivity contribution in [1.82, 2.24) is 5.32 Å². The fraction of sp³-hybridized carbons (Fsp3) is 0.933. The molecule has 0 aromatic rings. The summed E-state index contributed by atoms with van der Waals surface area (Å²) >= 11 is 0. The van der Waals surface area contributed by atoms with E-state index in [4.69, 9.17) is 5.73 Å². The molecule has 106 valence electrons. The van der Waals surface area contributed by atoms with Crippen LogP contribution in [0.3, 0.4) is 0 Å². The van der Waals surface area contributed by atoms with Crippen LogP contribution < -0.4 is 11.1 Å². The van der Waals surface area contributed by atoms with Gasteiger partial charge in [-0.05, 0) is 30.6 Å². The summed E-state index contributed by atoms with van der Waals surface area (Å²) in [7, 11) is 0. The van der Waals surface area contributed by atoms with Crippen LogP contribution >= 0.6 is 0 Å². The first-order chi connectivity index (χ1) is 8.58. The second kappa shape index (κ2) is 7.78. The fourth-order valence-corrected chi connectivity index (χ4v) is 2.90. The van der Waals surface area contributed by atoms with Crippen LogP contribution in [0.5, 0.6) is 0 Å². The third-order valence-corrected chi connectivity index (χ3v) is 4.50. The van der Waals surface area contributed by atoms with Gasteiger partial charge in [0.1, 0.15) is 0 Å². The van der Waals surface area contributed by atoms with Crippen LogP contribution in [-0.2, 0) is 4.79 Å². The van der Waals surface area contributed by atoms with Crippen LogP contribution in [-0.4, -0.2) is 19.0 Å². The number of carbonyl (C=O) groups excluding carboxylic acids is 1. The van der Waals surface area contributed by atoms with Gasteiger partial charge in [-0.15, -0.1) is 0 Å². The lowest BCUT2D eigenvalue weighted by atomic mass is 9.81. The maximum absolute atomic E-state index is 12.0. The summed E-state index contributed by atoms with van der Waals surface area (Å²) in [6, 6.07) is 0. The summed E-state index contributed by atoms with van der Waals surface area (Å²) in [5.41, 5.74) is 5.66. The molecule has 3 nitrogen and oxygen atoms in total. The highest BCUT2D eigenvalue weighted by atomic mass is 16.1. The summed E-state index contributed by atoms with van der Waals surface area (Å²) in [5, 5.41) is 3.10. The van der Waals surface area contributed by atoms with Gasteiger partial charge in [-0.1, -0.05) is 40.0 Å². The van der Waals surface area contributed by atoms with E-state index in [0.29, 0.717) is 18.4 Å². The minimum Gasteiger partial charge on any atom is -0.356 e. The highest BCUT2D eigenvalue weighted by molar-refractivity contribution is 5.79. The standard InChI is InChI=1S/C15H30N2O/c1-4-12-5-7-13(8-6-12)10-17-15(18)14(9-16)11(2)3/h11-14H,4-10,16H2,1-3H3,(H,17,18). The van der Waals surface area contributed by atoms with Crippen molar-refractivity contribution in [3.8, 4) is 0 Å². The maximum atomic E-state index is 12.0. The number of nitrogens with one attached hydrogen (secondary N) is 1. The van der Waals surface area contributed by atoms with Crippen molar-refractivity contribution >= 4 is 5.91 Å². The van der Waals surface area contributed by atoms with Gasteiger partial charge in [-0.3, -0.25) is 4.79 Å². The van der Waals surface area contributed by atoms with E-state index in [-0.39, 0.29) is 11.8 Å². The Labute approximate surface area is 112 Å². The molecule has 18 heavy (non-hydrogen) atoms. The van der Waals surface area contributed by atoms with Gasteiger partial charge in [0.15, 0.2) is 0 Å². The minimum absolute atomic E-state index is 0.0306. The Hall–Kier alpha value is -0.570. The molecule has 0 radical (unpaired) electrons. The Balaban J connectivity index is 2.26. The van der Waals surface area contributed by atoms with E-state index in [1.165, 1.54) is 32.1 Å². The van der Waals surface area contributed by atoms with E-state index in [0.717, 1.165) is 12.5 Å². The highest BCUT2D eigenvalue weighted by Gasteiger charge is 2.23. The second-order valence-electron chi connectivity index (χ2n) is 6.13. The Morgan fingerprint density at radius 2 is 1.78 bits per heavy atom. The summed E-state index contributed by atoms with van der Waals surface area (Å²) in [6.45, 7) is 7.69. The van der Waals surface area contributed by atoms with Crippen LogP contribution in [0.1, 0.15) is 52.9 Å². The lowest BCUT2D eigenvalue weighted by Crippen LogP contribution is -2.40. The zero-order chi connectivity index (χ0) is 13.5. The highest BCUT2D eigenvalue weighted by Crippen LogP contribution is 2.30. The van der Waals surface area contributed by atoms with Gasteiger partial charge >= 0.3 is 0 Å². The molecule has 1 saturated carbocycles. The average molecular weight is 254 g/mol. The van der Waals surface area contributed by atoms with Gasteiger partial charge < -0.3 is 11.1 Å². The second-order valence-corrected chi connectivity index (χ2v) is 6.13. The first-order valence-corrected chi connectivity index (χ1v) is 7.56. The largest absolute Gasteiger partial charge is 0.356 e. The van der Waals surface area contributed by atoms with E-state index >= 15 is 0 Å². The van der Waals surface area contributed by atoms with E-state index in [2.05, 4.69) is 26.1 Å². The Bertz CT molecular complexity index is 245. The van der Waals surface area contributed by atoms with Crippen LogP contribution in [0.25, 0.3) is 0 Å². The van der Waals surface area contributed by atoms with Gasteiger partial charge in [0, 0.05) is 13.1 Å². The van der Waals surface area contributed by atoms with Gasteiger partial charge in [0.2, 0.25) is 5.91 Å². The molecule has 0 aromatic heterocycles. The Morgan fingerprint density at radius 1 is 1.22 bits per heavy atom. The normalized spacial score (nSPS) is 26.1. The van der Waals surface area contributed by atoms with Crippen LogP contribution in [0.4, 0.5) is 0 Å². The predicted molar refractivity (Wildman–Crippen MR) is 76.1 cm³/mol. The third-order valence-electron chi connectivity index (χ3n) is 4.50. The van der Waals surface area contributed by atoms with Gasteiger partial charge in [0.25, 0.3) is 0 Å². The molecule has 1 amide bonds. The molecule has 0 heterocycles. The molecular formula is C15H30N2O. The first-order valence-electron chi connectivity index (χ1n) is 7.56. The van der Waals surface area contributed by atoms with E-state index in [1.54, 1.807) is 0 Å². The van der Waals surface area contributed by atoms with Gasteiger partial charge in [-0.2, -0.15) is 0 Å². The topological polar surface area (TPSA) is 55.1 Å². The molecule has 1 unspecified atom stereocenters. The van der Waals surface area contributed by atoms with Gasteiger partial charge in [0.05, 0.1) is 5.92 Å². The lowest BCUT2D eigenvalue weighted by molar-refractivity contribution is -0.126. The van der Waals surface area contributed by atoms with Crippen molar-refractivity contribution in [2.24, 2.45) is 29.4 Å². The lowest BCUT2D eigenvalue weighted by Gasteiger charge is -2.28. The average Bonchev–Trinajstić information content (AvgIpc) is 2.37. The maximum Gasteiger partial charge on any atom is 0.224 e. The number of rotatable bonds is 6. The molecule has 0 aromatic carbocycles. The van der Waals surface area contributed by atoms with Crippen molar-refractivity contribution in [2.45, 2.75) is 52.9 Å². The monoisotopic (exact) mass is 254 g/mol. The van der Waals surface area contributed by atoms with Crippen molar-refractivity contribution in [3.05, 3.63) is 0 Å². The van der Waals surface area contributed by atoms with Crippen molar-refractivity contribution in [2.75, 3.05) is 13.1 Å². The fourth-order valence-electron chi connectivity index (χ4n) is 2.90. The zero-order valence-electron chi connectivity index (χ0n) is 12.2. The zero-order valence-corrected chi connectivity index (χ0v) is 12.2. The molecule has 1 atom stereocenters. The Kier molecular flexibility index (Phi) is 6.69. The van der Waals surface area contributed by atoms with Crippen molar-refractivity contribution < 1.29 is 4.79 Å². The molecule has 1 aliphatic carbocycles. The van der Waals surface area contributed by atoms with E-state index in [9.17, 15) is 4.79 Å². The number of hydrogen-bond donors (Lipinski definition) is 2. The number of amides is 1.